The third-order valence-electron chi connectivity index (χ3n) is 4.46. The molecule has 1 saturated carbocycles. The van der Waals surface area contributed by atoms with E-state index in [1.54, 1.807) is 7.11 Å². The van der Waals surface area contributed by atoms with Crippen molar-refractivity contribution < 1.29 is 9.53 Å². The zero-order valence-corrected chi connectivity index (χ0v) is 14.3. The number of hydrogen-bond acceptors (Lipinski definition) is 3. The fourth-order valence-corrected chi connectivity index (χ4v) is 2.67. The highest BCUT2D eigenvalue weighted by Gasteiger charge is 2.34. The maximum atomic E-state index is 12.5. The van der Waals surface area contributed by atoms with Gasteiger partial charge in [-0.05, 0) is 50.3 Å². The predicted octanol–water partition coefficient (Wildman–Crippen LogP) is 3.45. The van der Waals surface area contributed by atoms with E-state index in [2.05, 4.69) is 31.0 Å². The first-order valence-electron chi connectivity index (χ1n) is 8.12. The number of aryl methyl sites for hydroxylation is 1. The van der Waals surface area contributed by atoms with Gasteiger partial charge in [0, 0.05) is 12.1 Å². The van der Waals surface area contributed by atoms with E-state index < -0.39 is 0 Å². The van der Waals surface area contributed by atoms with Gasteiger partial charge in [0.05, 0.1) is 19.3 Å². The third kappa shape index (κ3) is 4.23. The molecule has 0 saturated heterocycles. The first-order chi connectivity index (χ1) is 10.4. The average Bonchev–Trinajstić information content (AvgIpc) is 3.28. The van der Waals surface area contributed by atoms with E-state index in [1.165, 1.54) is 12.8 Å². The Morgan fingerprint density at radius 3 is 2.59 bits per heavy atom. The summed E-state index contributed by atoms with van der Waals surface area (Å²) in [6, 6.07) is 6.80. The van der Waals surface area contributed by atoms with Gasteiger partial charge in [0.2, 0.25) is 5.91 Å². The maximum Gasteiger partial charge on any atom is 0.238 e. The highest BCUT2D eigenvalue weighted by atomic mass is 16.5. The molecule has 0 aliphatic heterocycles. The topological polar surface area (TPSA) is 41.6 Å². The molecule has 0 bridgehead atoms. The lowest BCUT2D eigenvalue weighted by atomic mass is 10.0. The van der Waals surface area contributed by atoms with Crippen LogP contribution in [0, 0.1) is 12.8 Å². The smallest absolute Gasteiger partial charge is 0.238 e. The summed E-state index contributed by atoms with van der Waals surface area (Å²) in [7, 11) is 1.62. The summed E-state index contributed by atoms with van der Waals surface area (Å²) in [4.78, 5) is 14.8. The Bertz CT molecular complexity index is 524. The molecule has 1 fully saturated rings. The summed E-state index contributed by atoms with van der Waals surface area (Å²) in [6.45, 7) is 9.08. The molecule has 1 unspecified atom stereocenters. The van der Waals surface area contributed by atoms with Crippen molar-refractivity contribution in [3.8, 4) is 5.75 Å². The summed E-state index contributed by atoms with van der Waals surface area (Å²) in [5.74, 6) is 1.28. The van der Waals surface area contributed by atoms with E-state index in [-0.39, 0.29) is 5.91 Å². The van der Waals surface area contributed by atoms with E-state index in [9.17, 15) is 4.79 Å². The van der Waals surface area contributed by atoms with Crippen molar-refractivity contribution in [2.45, 2.75) is 52.6 Å². The minimum absolute atomic E-state index is 0.0308. The Morgan fingerprint density at radius 1 is 1.36 bits per heavy atom. The first kappa shape index (κ1) is 16.8. The van der Waals surface area contributed by atoms with Gasteiger partial charge in [0.15, 0.2) is 0 Å². The van der Waals surface area contributed by atoms with Crippen LogP contribution in [0.25, 0.3) is 0 Å². The molecular formula is C18H28N2O2. The molecule has 2 rings (SSSR count). The van der Waals surface area contributed by atoms with Crippen molar-refractivity contribution in [3.63, 3.8) is 0 Å². The van der Waals surface area contributed by atoms with Gasteiger partial charge in [0.25, 0.3) is 0 Å². The van der Waals surface area contributed by atoms with E-state index in [0.717, 1.165) is 11.3 Å². The van der Waals surface area contributed by atoms with Crippen molar-refractivity contribution in [2.24, 2.45) is 5.92 Å². The fraction of sp³-hybridized carbons (Fsp3) is 0.611. The third-order valence-corrected chi connectivity index (χ3v) is 4.46. The molecule has 1 N–H and O–H groups in total. The minimum atomic E-state index is 0.0308. The van der Waals surface area contributed by atoms with Crippen LogP contribution in [0.5, 0.6) is 5.75 Å². The largest absolute Gasteiger partial charge is 0.495 e. The number of nitrogens with one attached hydrogen (secondary N) is 1. The number of rotatable bonds is 7. The van der Waals surface area contributed by atoms with Crippen LogP contribution in [0.4, 0.5) is 5.69 Å². The lowest BCUT2D eigenvalue weighted by Crippen LogP contribution is -2.43. The number of anilines is 1. The number of methoxy groups -OCH3 is 1. The van der Waals surface area contributed by atoms with Gasteiger partial charge in [-0.15, -0.1) is 0 Å². The summed E-state index contributed by atoms with van der Waals surface area (Å²) >= 11 is 0. The first-order valence-corrected chi connectivity index (χ1v) is 8.12. The average molecular weight is 304 g/mol. The Labute approximate surface area is 133 Å². The highest BCUT2D eigenvalue weighted by molar-refractivity contribution is 5.93. The molecule has 1 amide bonds. The molecule has 1 aromatic carbocycles. The fourth-order valence-electron chi connectivity index (χ4n) is 2.67. The number of carbonyl (C=O) groups is 1. The van der Waals surface area contributed by atoms with Crippen LogP contribution in [0.2, 0.25) is 0 Å². The zero-order valence-electron chi connectivity index (χ0n) is 14.3. The SMILES string of the molecule is COc1ccc(C)cc1NC(=O)CN(C1CC1)C(C)C(C)C. The molecule has 1 atom stereocenters. The Morgan fingerprint density at radius 2 is 2.05 bits per heavy atom. The second kappa shape index (κ2) is 7.14. The van der Waals surface area contributed by atoms with Crippen molar-refractivity contribution >= 4 is 11.6 Å². The molecular weight excluding hydrogens is 276 g/mol. The maximum absolute atomic E-state index is 12.5. The molecule has 1 aliphatic carbocycles. The van der Waals surface area contributed by atoms with Crippen molar-refractivity contribution in [2.75, 3.05) is 19.0 Å². The van der Waals surface area contributed by atoms with Gasteiger partial charge in [-0.25, -0.2) is 0 Å². The zero-order chi connectivity index (χ0) is 16.3. The summed E-state index contributed by atoms with van der Waals surface area (Å²) in [5.41, 5.74) is 1.85. The molecule has 0 radical (unpaired) electrons. The van der Waals surface area contributed by atoms with Crippen molar-refractivity contribution in [3.05, 3.63) is 23.8 Å². The monoisotopic (exact) mass is 304 g/mol. The van der Waals surface area contributed by atoms with Crippen LogP contribution >= 0.6 is 0 Å². The van der Waals surface area contributed by atoms with Gasteiger partial charge in [-0.2, -0.15) is 0 Å². The molecule has 1 aromatic rings. The Balaban J connectivity index is 2.04. The molecule has 4 nitrogen and oxygen atoms in total. The van der Waals surface area contributed by atoms with Crippen molar-refractivity contribution in [1.82, 2.24) is 4.90 Å². The van der Waals surface area contributed by atoms with Crippen LogP contribution in [-0.2, 0) is 4.79 Å². The van der Waals surface area contributed by atoms with E-state index in [0.29, 0.717) is 30.3 Å². The van der Waals surface area contributed by atoms with Crippen LogP contribution in [-0.4, -0.2) is 36.5 Å². The lowest BCUT2D eigenvalue weighted by molar-refractivity contribution is -0.118. The Kier molecular flexibility index (Phi) is 5.46. The molecule has 0 spiro atoms. The molecule has 4 heteroatoms. The molecule has 122 valence electrons. The van der Waals surface area contributed by atoms with Gasteiger partial charge in [-0.1, -0.05) is 19.9 Å². The van der Waals surface area contributed by atoms with E-state index in [1.807, 2.05) is 25.1 Å². The predicted molar refractivity (Wildman–Crippen MR) is 90.4 cm³/mol. The standard InChI is InChI=1S/C18H28N2O2/c1-12(2)14(4)20(15-7-8-15)11-18(21)19-16-10-13(3)6-9-17(16)22-5/h6,9-10,12,14-15H,7-8,11H2,1-5H3,(H,19,21). The van der Waals surface area contributed by atoms with Gasteiger partial charge < -0.3 is 10.1 Å². The lowest BCUT2D eigenvalue weighted by Gasteiger charge is -2.31. The van der Waals surface area contributed by atoms with Gasteiger partial charge in [-0.3, -0.25) is 9.69 Å². The van der Waals surface area contributed by atoms with E-state index in [4.69, 9.17) is 4.74 Å². The Hall–Kier alpha value is -1.55. The molecule has 0 heterocycles. The molecule has 22 heavy (non-hydrogen) atoms. The minimum Gasteiger partial charge on any atom is -0.495 e. The van der Waals surface area contributed by atoms with Crippen LogP contribution in [0.15, 0.2) is 18.2 Å². The highest BCUT2D eigenvalue weighted by Crippen LogP contribution is 2.31. The van der Waals surface area contributed by atoms with Crippen LogP contribution < -0.4 is 10.1 Å². The van der Waals surface area contributed by atoms with Crippen LogP contribution in [0.1, 0.15) is 39.2 Å². The quantitative estimate of drug-likeness (QED) is 0.839. The number of hydrogen-bond donors (Lipinski definition) is 1. The number of nitrogens with zero attached hydrogens (tertiary/aromatic N) is 1. The summed E-state index contributed by atoms with van der Waals surface area (Å²) < 4.78 is 5.32. The number of benzene rings is 1. The summed E-state index contributed by atoms with van der Waals surface area (Å²) in [6.07, 6.45) is 2.41. The molecule has 1 aliphatic rings. The van der Waals surface area contributed by atoms with Gasteiger partial charge >= 0.3 is 0 Å². The van der Waals surface area contributed by atoms with Crippen molar-refractivity contribution in [1.29, 1.82) is 0 Å². The number of carbonyl (C=O) groups excluding carboxylic acids is 1. The second-order valence-corrected chi connectivity index (χ2v) is 6.64. The van der Waals surface area contributed by atoms with Crippen LogP contribution in [0.3, 0.4) is 0 Å². The second-order valence-electron chi connectivity index (χ2n) is 6.64. The number of ether oxygens (including phenoxy) is 1. The molecule has 0 aromatic heterocycles. The normalized spacial score (nSPS) is 16.0. The van der Waals surface area contributed by atoms with E-state index >= 15 is 0 Å². The summed E-state index contributed by atoms with van der Waals surface area (Å²) in [5, 5.41) is 3.00. The number of amides is 1. The van der Waals surface area contributed by atoms with Gasteiger partial charge in [0.1, 0.15) is 5.75 Å².